The largest absolute Gasteiger partial charge is 0.425 e. The van der Waals surface area contributed by atoms with Gasteiger partial charge in [-0.1, -0.05) is 18.2 Å². The van der Waals surface area contributed by atoms with Crippen LogP contribution in [0.5, 0.6) is 0 Å². The maximum absolute atomic E-state index is 5.97. The van der Waals surface area contributed by atoms with Crippen LogP contribution >= 0.6 is 0 Å². The molecule has 2 aromatic carbocycles. The molecule has 0 saturated carbocycles. The predicted molar refractivity (Wildman–Crippen MR) is 92.3 cm³/mol. The second kappa shape index (κ2) is 4.32. The molecule has 5 rings (SSSR count). The Morgan fingerprint density at radius 3 is 2.52 bits per heavy atom. The molecule has 0 amide bonds. The van der Waals surface area contributed by atoms with E-state index in [2.05, 4.69) is 60.4 Å². The van der Waals surface area contributed by atoms with E-state index in [1.165, 1.54) is 0 Å². The summed E-state index contributed by atoms with van der Waals surface area (Å²) >= 11 is 0. The summed E-state index contributed by atoms with van der Waals surface area (Å²) in [5.74, 6) is 0.598. The lowest BCUT2D eigenvalue weighted by atomic mass is 10.1. The highest BCUT2D eigenvalue weighted by atomic mass is 16.5. The minimum absolute atomic E-state index is 0.297. The van der Waals surface area contributed by atoms with Gasteiger partial charge in [-0.15, -0.1) is 0 Å². The SMILES string of the molecule is C[C@H]1N(C)C=CN1c1ccc2c(c1)oc1oc3ccccc3c12. The van der Waals surface area contributed by atoms with Gasteiger partial charge in [0.05, 0.1) is 5.39 Å². The highest BCUT2D eigenvalue weighted by Crippen LogP contribution is 2.38. The first-order chi connectivity index (χ1) is 11.2. The summed E-state index contributed by atoms with van der Waals surface area (Å²) < 4.78 is 11.8. The molecule has 1 aliphatic rings. The standard InChI is InChI=1S/C19H16N2O2/c1-12-20(2)9-10-21(12)13-7-8-15-17(11-13)23-19-18(15)14-5-3-4-6-16(14)22-19/h3-12H,1-2H3/t12-/m0/s1. The third-order valence-electron chi connectivity index (χ3n) is 4.75. The van der Waals surface area contributed by atoms with Gasteiger partial charge in [-0.05, 0) is 25.1 Å². The maximum atomic E-state index is 5.97. The topological polar surface area (TPSA) is 32.8 Å². The fraction of sp³-hybridized carbons (Fsp3) is 0.158. The number of fused-ring (bicyclic) bond motifs is 5. The van der Waals surface area contributed by atoms with Gasteiger partial charge in [0, 0.05) is 42.0 Å². The van der Waals surface area contributed by atoms with Gasteiger partial charge in [0.1, 0.15) is 17.3 Å². The number of hydrogen-bond acceptors (Lipinski definition) is 4. The zero-order valence-corrected chi connectivity index (χ0v) is 13.0. The summed E-state index contributed by atoms with van der Waals surface area (Å²) in [7, 11) is 2.08. The first-order valence-electron chi connectivity index (χ1n) is 7.75. The first kappa shape index (κ1) is 12.6. The van der Waals surface area contributed by atoms with E-state index < -0.39 is 0 Å². The number of benzene rings is 2. The van der Waals surface area contributed by atoms with Crippen LogP contribution in [-0.2, 0) is 0 Å². The lowest BCUT2D eigenvalue weighted by Crippen LogP contribution is -2.33. The van der Waals surface area contributed by atoms with Crippen LogP contribution in [0.4, 0.5) is 5.69 Å². The first-order valence-corrected chi connectivity index (χ1v) is 7.75. The van der Waals surface area contributed by atoms with Gasteiger partial charge >= 0.3 is 0 Å². The zero-order chi connectivity index (χ0) is 15.6. The van der Waals surface area contributed by atoms with E-state index >= 15 is 0 Å². The van der Waals surface area contributed by atoms with Crippen LogP contribution in [0, 0.1) is 0 Å². The molecule has 0 fully saturated rings. The Morgan fingerprint density at radius 1 is 0.913 bits per heavy atom. The summed E-state index contributed by atoms with van der Waals surface area (Å²) in [6, 6.07) is 14.4. The molecule has 114 valence electrons. The number of hydrogen-bond donors (Lipinski definition) is 0. The van der Waals surface area contributed by atoms with Gasteiger partial charge in [0.15, 0.2) is 0 Å². The quantitative estimate of drug-likeness (QED) is 0.500. The molecule has 23 heavy (non-hydrogen) atoms. The van der Waals surface area contributed by atoms with Gasteiger partial charge in [0.25, 0.3) is 5.78 Å². The molecule has 3 heterocycles. The molecule has 0 saturated heterocycles. The Kier molecular flexibility index (Phi) is 2.37. The van der Waals surface area contributed by atoms with Crippen LogP contribution in [0.25, 0.3) is 33.1 Å². The second-order valence-electron chi connectivity index (χ2n) is 6.05. The van der Waals surface area contributed by atoms with E-state index in [0.29, 0.717) is 11.9 Å². The molecule has 4 heteroatoms. The Hall–Kier alpha value is -2.88. The Bertz CT molecular complexity index is 1070. The van der Waals surface area contributed by atoms with Crippen LogP contribution < -0.4 is 4.90 Å². The van der Waals surface area contributed by atoms with E-state index in [1.807, 2.05) is 18.2 Å². The summed E-state index contributed by atoms with van der Waals surface area (Å²) in [4.78, 5) is 4.40. The molecule has 0 radical (unpaired) electrons. The summed E-state index contributed by atoms with van der Waals surface area (Å²) in [6.45, 7) is 2.17. The molecule has 1 atom stereocenters. The van der Waals surface area contributed by atoms with Crippen LogP contribution in [0.1, 0.15) is 6.92 Å². The molecular formula is C19H16N2O2. The summed E-state index contributed by atoms with van der Waals surface area (Å²) in [5.41, 5.74) is 2.84. The molecule has 0 aliphatic carbocycles. The molecular weight excluding hydrogens is 288 g/mol. The highest BCUT2D eigenvalue weighted by Gasteiger charge is 2.22. The summed E-state index contributed by atoms with van der Waals surface area (Å²) in [6.07, 6.45) is 4.47. The van der Waals surface area contributed by atoms with Crippen molar-refractivity contribution in [3.63, 3.8) is 0 Å². The predicted octanol–water partition coefficient (Wildman–Crippen LogP) is 4.90. The molecule has 2 aromatic heterocycles. The number of para-hydroxylation sites is 1. The van der Waals surface area contributed by atoms with Crippen molar-refractivity contribution in [3.05, 3.63) is 54.9 Å². The maximum Gasteiger partial charge on any atom is 0.299 e. The number of furan rings is 2. The number of anilines is 1. The van der Waals surface area contributed by atoms with Crippen LogP contribution in [0.2, 0.25) is 0 Å². The fourth-order valence-electron chi connectivity index (χ4n) is 3.34. The van der Waals surface area contributed by atoms with Crippen molar-refractivity contribution >= 4 is 38.8 Å². The van der Waals surface area contributed by atoms with E-state index in [9.17, 15) is 0 Å². The average Bonchev–Trinajstić information content (AvgIpc) is 3.19. The highest BCUT2D eigenvalue weighted by molar-refractivity contribution is 6.17. The molecule has 0 N–H and O–H groups in total. The van der Waals surface area contributed by atoms with Gasteiger partial charge < -0.3 is 18.6 Å². The molecule has 0 bridgehead atoms. The van der Waals surface area contributed by atoms with Gasteiger partial charge in [-0.25, -0.2) is 0 Å². The number of rotatable bonds is 1. The van der Waals surface area contributed by atoms with E-state index in [-0.39, 0.29) is 0 Å². The van der Waals surface area contributed by atoms with Crippen molar-refractivity contribution < 1.29 is 8.83 Å². The zero-order valence-electron chi connectivity index (χ0n) is 13.0. The normalized spacial score (nSPS) is 18.1. The smallest absolute Gasteiger partial charge is 0.299 e. The minimum atomic E-state index is 0.297. The Balaban J connectivity index is 1.72. The van der Waals surface area contributed by atoms with E-state index in [4.69, 9.17) is 8.83 Å². The van der Waals surface area contributed by atoms with Crippen molar-refractivity contribution in [2.75, 3.05) is 11.9 Å². The van der Waals surface area contributed by atoms with E-state index in [0.717, 1.165) is 33.0 Å². The van der Waals surface area contributed by atoms with Gasteiger partial charge in [0.2, 0.25) is 0 Å². The van der Waals surface area contributed by atoms with E-state index in [1.54, 1.807) is 0 Å². The van der Waals surface area contributed by atoms with Crippen molar-refractivity contribution in [1.82, 2.24) is 4.90 Å². The fourth-order valence-corrected chi connectivity index (χ4v) is 3.34. The molecule has 4 aromatic rings. The van der Waals surface area contributed by atoms with Crippen LogP contribution in [0.3, 0.4) is 0 Å². The van der Waals surface area contributed by atoms with Crippen LogP contribution in [-0.4, -0.2) is 18.1 Å². The molecule has 4 nitrogen and oxygen atoms in total. The minimum Gasteiger partial charge on any atom is -0.425 e. The average molecular weight is 304 g/mol. The van der Waals surface area contributed by atoms with Gasteiger partial charge in [-0.2, -0.15) is 0 Å². The van der Waals surface area contributed by atoms with Crippen molar-refractivity contribution in [2.24, 2.45) is 0 Å². The second-order valence-corrected chi connectivity index (χ2v) is 6.05. The lowest BCUT2D eigenvalue weighted by molar-refractivity contribution is 0.383. The third kappa shape index (κ3) is 1.66. The summed E-state index contributed by atoms with van der Waals surface area (Å²) in [5, 5.41) is 3.25. The van der Waals surface area contributed by atoms with Gasteiger partial charge in [-0.3, -0.25) is 0 Å². The van der Waals surface area contributed by atoms with Crippen molar-refractivity contribution in [3.8, 4) is 0 Å². The van der Waals surface area contributed by atoms with Crippen molar-refractivity contribution in [2.45, 2.75) is 13.1 Å². The third-order valence-corrected chi connectivity index (χ3v) is 4.75. The molecule has 0 spiro atoms. The Labute approximate surface area is 133 Å². The molecule has 0 unspecified atom stereocenters. The van der Waals surface area contributed by atoms with Crippen LogP contribution in [0.15, 0.2) is 63.7 Å². The number of nitrogens with zero attached hydrogens (tertiary/aromatic N) is 2. The lowest BCUT2D eigenvalue weighted by Gasteiger charge is -2.26. The Morgan fingerprint density at radius 2 is 1.70 bits per heavy atom. The monoisotopic (exact) mass is 304 g/mol. The van der Waals surface area contributed by atoms with Crippen molar-refractivity contribution in [1.29, 1.82) is 0 Å². The molecule has 1 aliphatic heterocycles.